The average Bonchev–Trinajstić information content (AvgIpc) is 2.59. The Morgan fingerprint density at radius 1 is 1.50 bits per heavy atom. The first-order valence-electron chi connectivity index (χ1n) is 4.10. The van der Waals surface area contributed by atoms with E-state index in [1.165, 1.54) is 23.8 Å². The molecule has 0 bridgehead atoms. The van der Waals surface area contributed by atoms with Crippen LogP contribution in [0.3, 0.4) is 0 Å². The van der Waals surface area contributed by atoms with Crippen LogP contribution in [-0.2, 0) is 6.61 Å². The molecule has 2 aromatic rings. The van der Waals surface area contributed by atoms with Gasteiger partial charge in [-0.1, -0.05) is 0 Å². The fraction of sp³-hybridized carbons (Fsp3) is 0.200. The van der Waals surface area contributed by atoms with Crippen molar-refractivity contribution in [1.29, 1.82) is 0 Å². The second kappa shape index (κ2) is 3.55. The van der Waals surface area contributed by atoms with Gasteiger partial charge >= 0.3 is 0 Å². The van der Waals surface area contributed by atoms with E-state index in [1.54, 1.807) is 12.1 Å². The third-order valence-electron chi connectivity index (χ3n) is 2.08. The van der Waals surface area contributed by atoms with Crippen molar-refractivity contribution in [2.24, 2.45) is 0 Å². The van der Waals surface area contributed by atoms with Crippen LogP contribution in [0.5, 0.6) is 5.75 Å². The molecule has 0 saturated carbocycles. The number of hydrogen-bond acceptors (Lipinski definition) is 3. The maximum atomic E-state index is 13.3. The number of thiophene rings is 1. The molecule has 0 radical (unpaired) electrons. The quantitative estimate of drug-likeness (QED) is 0.829. The highest BCUT2D eigenvalue weighted by molar-refractivity contribution is 7.17. The lowest BCUT2D eigenvalue weighted by Gasteiger charge is -2.03. The fourth-order valence-corrected chi connectivity index (χ4v) is 2.29. The summed E-state index contributed by atoms with van der Waals surface area (Å²) in [6, 6.07) is 3.36. The molecular weight excluding hydrogens is 203 g/mol. The number of benzene rings is 1. The van der Waals surface area contributed by atoms with Crippen LogP contribution in [0.1, 0.15) is 5.56 Å². The molecule has 1 aromatic heterocycles. The van der Waals surface area contributed by atoms with Crippen LogP contribution in [-0.4, -0.2) is 12.2 Å². The molecule has 4 heteroatoms. The first kappa shape index (κ1) is 9.43. The Labute approximate surface area is 84.6 Å². The van der Waals surface area contributed by atoms with Crippen molar-refractivity contribution in [3.05, 3.63) is 28.9 Å². The number of aliphatic hydroxyl groups is 1. The Bertz CT molecular complexity index is 464. The first-order chi connectivity index (χ1) is 6.76. The van der Waals surface area contributed by atoms with Crippen LogP contribution in [0.15, 0.2) is 17.5 Å². The van der Waals surface area contributed by atoms with Gasteiger partial charge in [-0.3, -0.25) is 0 Å². The maximum Gasteiger partial charge on any atom is 0.141 e. The molecule has 0 amide bonds. The first-order valence-corrected chi connectivity index (χ1v) is 4.98. The smallest absolute Gasteiger partial charge is 0.141 e. The number of rotatable bonds is 2. The molecule has 1 N–H and O–H groups in total. The SMILES string of the molecule is COc1cc(CO)c2scc(F)c2c1. The van der Waals surface area contributed by atoms with E-state index in [1.807, 2.05) is 0 Å². The van der Waals surface area contributed by atoms with Gasteiger partial charge in [0.25, 0.3) is 0 Å². The van der Waals surface area contributed by atoms with Gasteiger partial charge in [0.1, 0.15) is 11.6 Å². The van der Waals surface area contributed by atoms with Gasteiger partial charge in [-0.25, -0.2) is 4.39 Å². The van der Waals surface area contributed by atoms with Crippen molar-refractivity contribution in [1.82, 2.24) is 0 Å². The van der Waals surface area contributed by atoms with Crippen molar-refractivity contribution in [3.8, 4) is 5.75 Å². The Hall–Kier alpha value is -1.13. The minimum absolute atomic E-state index is 0.104. The molecule has 2 nitrogen and oxygen atoms in total. The van der Waals surface area contributed by atoms with E-state index in [4.69, 9.17) is 9.84 Å². The van der Waals surface area contributed by atoms with Crippen LogP contribution in [0.25, 0.3) is 10.1 Å². The van der Waals surface area contributed by atoms with Crippen molar-refractivity contribution >= 4 is 21.4 Å². The standard InChI is InChI=1S/C10H9FO2S/c1-13-7-2-6(4-12)10-8(3-7)9(11)5-14-10/h2-3,5,12H,4H2,1H3. The van der Waals surface area contributed by atoms with E-state index in [2.05, 4.69) is 0 Å². The van der Waals surface area contributed by atoms with Crippen molar-refractivity contribution in [2.45, 2.75) is 6.61 Å². The van der Waals surface area contributed by atoms with Gasteiger partial charge in [0, 0.05) is 15.5 Å². The number of fused-ring (bicyclic) bond motifs is 1. The highest BCUT2D eigenvalue weighted by Gasteiger charge is 2.09. The monoisotopic (exact) mass is 212 g/mol. The largest absolute Gasteiger partial charge is 0.497 e. The Morgan fingerprint density at radius 2 is 2.29 bits per heavy atom. The van der Waals surface area contributed by atoms with Crippen LogP contribution >= 0.6 is 11.3 Å². The molecule has 0 spiro atoms. The molecule has 2 rings (SSSR count). The summed E-state index contributed by atoms with van der Waals surface area (Å²) in [6.45, 7) is -0.104. The average molecular weight is 212 g/mol. The summed E-state index contributed by atoms with van der Waals surface area (Å²) >= 11 is 1.29. The molecule has 0 fully saturated rings. The zero-order valence-corrected chi connectivity index (χ0v) is 8.40. The van der Waals surface area contributed by atoms with E-state index in [0.717, 1.165) is 4.70 Å². The van der Waals surface area contributed by atoms with Gasteiger partial charge in [0.05, 0.1) is 13.7 Å². The summed E-state index contributed by atoms with van der Waals surface area (Å²) in [7, 11) is 1.52. The Balaban J connectivity index is 2.76. The third kappa shape index (κ3) is 1.36. The van der Waals surface area contributed by atoms with Gasteiger partial charge in [-0.15, -0.1) is 11.3 Å². The van der Waals surface area contributed by atoms with E-state index < -0.39 is 0 Å². The van der Waals surface area contributed by atoms with Crippen molar-refractivity contribution < 1.29 is 14.2 Å². The fourth-order valence-electron chi connectivity index (χ4n) is 1.39. The number of aliphatic hydroxyl groups excluding tert-OH is 1. The Kier molecular flexibility index (Phi) is 2.39. The second-order valence-corrected chi connectivity index (χ2v) is 3.78. The molecule has 1 aromatic carbocycles. The zero-order valence-electron chi connectivity index (χ0n) is 7.58. The molecule has 0 atom stereocenters. The van der Waals surface area contributed by atoms with Gasteiger partial charge in [0.2, 0.25) is 0 Å². The van der Waals surface area contributed by atoms with Gasteiger partial charge < -0.3 is 9.84 Å². The molecule has 74 valence electrons. The molecule has 1 heterocycles. The summed E-state index contributed by atoms with van der Waals surface area (Å²) in [5.41, 5.74) is 0.702. The van der Waals surface area contributed by atoms with E-state index in [9.17, 15) is 4.39 Å². The highest BCUT2D eigenvalue weighted by Crippen LogP contribution is 2.32. The van der Waals surface area contributed by atoms with E-state index in [-0.39, 0.29) is 12.4 Å². The van der Waals surface area contributed by atoms with Gasteiger partial charge in [-0.05, 0) is 17.7 Å². The molecule has 0 aliphatic carbocycles. The minimum atomic E-state index is -0.265. The Morgan fingerprint density at radius 3 is 2.93 bits per heavy atom. The van der Waals surface area contributed by atoms with E-state index in [0.29, 0.717) is 16.7 Å². The predicted octanol–water partition coefficient (Wildman–Crippen LogP) is 2.54. The third-order valence-corrected chi connectivity index (χ3v) is 3.13. The molecule has 0 aliphatic heterocycles. The molecule has 0 unspecified atom stereocenters. The second-order valence-electron chi connectivity index (χ2n) is 2.90. The minimum Gasteiger partial charge on any atom is -0.497 e. The normalized spacial score (nSPS) is 10.8. The van der Waals surface area contributed by atoms with Crippen molar-refractivity contribution in [3.63, 3.8) is 0 Å². The number of hydrogen-bond donors (Lipinski definition) is 1. The molecule has 0 aliphatic rings. The predicted molar refractivity (Wildman–Crippen MR) is 54.3 cm³/mol. The van der Waals surface area contributed by atoms with Crippen LogP contribution in [0, 0.1) is 5.82 Å². The maximum absolute atomic E-state index is 13.3. The van der Waals surface area contributed by atoms with Crippen LogP contribution in [0.4, 0.5) is 4.39 Å². The van der Waals surface area contributed by atoms with Crippen LogP contribution < -0.4 is 4.74 Å². The molecule has 0 saturated heterocycles. The van der Waals surface area contributed by atoms with E-state index >= 15 is 0 Å². The highest BCUT2D eigenvalue weighted by atomic mass is 32.1. The lowest BCUT2D eigenvalue weighted by molar-refractivity contribution is 0.283. The number of methoxy groups -OCH3 is 1. The summed E-state index contributed by atoms with van der Waals surface area (Å²) in [6.07, 6.45) is 0. The molecular formula is C10H9FO2S. The van der Waals surface area contributed by atoms with Crippen LogP contribution in [0.2, 0.25) is 0 Å². The summed E-state index contributed by atoms with van der Waals surface area (Å²) in [4.78, 5) is 0. The summed E-state index contributed by atoms with van der Waals surface area (Å²) < 4.78 is 19.1. The van der Waals surface area contributed by atoms with Gasteiger partial charge in [-0.2, -0.15) is 0 Å². The topological polar surface area (TPSA) is 29.5 Å². The number of halogens is 1. The summed E-state index contributed by atoms with van der Waals surface area (Å²) in [5.74, 6) is 0.303. The number of ether oxygens (including phenoxy) is 1. The molecule has 14 heavy (non-hydrogen) atoms. The van der Waals surface area contributed by atoms with Gasteiger partial charge in [0.15, 0.2) is 0 Å². The lowest BCUT2D eigenvalue weighted by Crippen LogP contribution is -1.88. The summed E-state index contributed by atoms with van der Waals surface area (Å²) in [5, 5.41) is 11.0. The lowest BCUT2D eigenvalue weighted by atomic mass is 10.1. The van der Waals surface area contributed by atoms with Crippen molar-refractivity contribution in [2.75, 3.05) is 7.11 Å². The zero-order chi connectivity index (χ0) is 10.1.